The molecule has 0 aliphatic carbocycles. The minimum atomic E-state index is -4.00. The second-order valence-corrected chi connectivity index (χ2v) is 29.5. The highest BCUT2D eigenvalue weighted by Crippen LogP contribution is 2.21. The highest BCUT2D eigenvalue weighted by Gasteiger charge is 2.24. The highest BCUT2D eigenvalue weighted by atomic mass is 32.2. The molecule has 0 unspecified atom stereocenters. The predicted octanol–water partition coefficient (Wildman–Crippen LogP) is 9.66. The SMILES string of the molecule is CCCC[N+](C)(C)CCCOc1ccc(C#Cc2cc(CN3CCN(Cc4cc(C#Cc5ccc(OCCC[N+](C)(C)CCCC)cc5)cc(C(=O)OC)n4)CCN(Cc4cc(C#Cc5ccc(OCCC[N+](C)(C)CCCS(=O)(=O)O)cc5)cc(C(=O)OC)n4)CC3)nc(C(=O)OC)c2)cc1. The van der Waals surface area contributed by atoms with Crippen LogP contribution >= 0.6 is 0 Å². The fraction of sp³-hybridized carbons (Fsp3) is 0.475. The lowest BCUT2D eigenvalue weighted by molar-refractivity contribution is -0.890. The number of hydrogen-bond acceptors (Lipinski definition) is 17. The van der Waals surface area contributed by atoms with Crippen LogP contribution in [0.25, 0.3) is 0 Å². The summed E-state index contributed by atoms with van der Waals surface area (Å²) in [4.78, 5) is 61.1. The van der Waals surface area contributed by atoms with E-state index < -0.39 is 28.0 Å². The molecule has 21 nitrogen and oxygen atoms in total. The van der Waals surface area contributed by atoms with Crippen LogP contribution in [0.3, 0.4) is 0 Å². The van der Waals surface area contributed by atoms with E-state index in [1.807, 2.05) is 105 Å². The van der Waals surface area contributed by atoms with E-state index in [0.29, 0.717) is 136 Å². The van der Waals surface area contributed by atoms with Crippen molar-refractivity contribution in [1.29, 1.82) is 0 Å². The van der Waals surface area contributed by atoms with Crippen LogP contribution in [0.5, 0.6) is 17.2 Å². The van der Waals surface area contributed by atoms with Crippen LogP contribution in [0.15, 0.2) is 109 Å². The van der Waals surface area contributed by atoms with Gasteiger partial charge in [0.1, 0.15) is 34.3 Å². The Labute approximate surface area is 606 Å². The lowest BCUT2D eigenvalue weighted by atomic mass is 10.1. The molecule has 0 bridgehead atoms. The largest absolute Gasteiger partial charge is 0.493 e. The third kappa shape index (κ3) is 29.3. The predicted molar refractivity (Wildman–Crippen MR) is 397 cm³/mol. The maximum absolute atomic E-state index is 13.3. The fourth-order valence-corrected chi connectivity index (χ4v) is 12.3. The fourth-order valence-electron chi connectivity index (χ4n) is 11.8. The number of ether oxygens (including phenoxy) is 6. The molecule has 1 fully saturated rings. The number of carbonyl (C=O) groups is 3. The van der Waals surface area contributed by atoms with Gasteiger partial charge < -0.3 is 41.9 Å². The van der Waals surface area contributed by atoms with Gasteiger partial charge in [0.05, 0.1) is 146 Å². The topological polar surface area (TPSA) is 209 Å². The van der Waals surface area contributed by atoms with Crippen molar-refractivity contribution in [1.82, 2.24) is 29.7 Å². The van der Waals surface area contributed by atoms with E-state index in [-0.39, 0.29) is 22.8 Å². The quantitative estimate of drug-likeness (QED) is 0.00995. The number of quaternary nitrogens is 3. The van der Waals surface area contributed by atoms with Crippen molar-refractivity contribution in [3.05, 3.63) is 177 Å². The summed E-state index contributed by atoms with van der Waals surface area (Å²) >= 11 is 0. The van der Waals surface area contributed by atoms with Gasteiger partial charge in [0.15, 0.2) is 0 Å². The number of benzene rings is 3. The molecule has 1 aliphatic heterocycles. The first-order chi connectivity index (χ1) is 48.8. The van der Waals surface area contributed by atoms with Crippen LogP contribution in [-0.2, 0) is 44.0 Å². The normalized spacial score (nSPS) is 13.3. The second-order valence-electron chi connectivity index (χ2n) is 27.9. The van der Waals surface area contributed by atoms with Gasteiger partial charge in [-0.1, -0.05) is 62.2 Å². The van der Waals surface area contributed by atoms with Crippen molar-refractivity contribution in [2.24, 2.45) is 0 Å². The van der Waals surface area contributed by atoms with Gasteiger partial charge in [0.25, 0.3) is 10.1 Å². The Morgan fingerprint density at radius 3 is 0.912 bits per heavy atom. The molecule has 0 amide bonds. The van der Waals surface area contributed by atoms with Gasteiger partial charge in [-0.15, -0.1) is 0 Å². The number of rotatable bonds is 34. The van der Waals surface area contributed by atoms with E-state index >= 15 is 0 Å². The van der Waals surface area contributed by atoms with E-state index in [0.717, 1.165) is 89.1 Å². The summed E-state index contributed by atoms with van der Waals surface area (Å²) in [6, 6.07) is 33.5. The van der Waals surface area contributed by atoms with Crippen LogP contribution in [0.2, 0.25) is 0 Å². The Kier molecular flexibility index (Phi) is 31.8. The van der Waals surface area contributed by atoms with E-state index in [1.54, 1.807) is 18.2 Å². The molecule has 1 saturated heterocycles. The average molecular weight is 1420 g/mol. The van der Waals surface area contributed by atoms with Crippen LogP contribution < -0.4 is 14.2 Å². The van der Waals surface area contributed by atoms with Crippen molar-refractivity contribution in [3.8, 4) is 52.8 Å². The third-order valence-corrected chi connectivity index (χ3v) is 18.5. The van der Waals surface area contributed by atoms with Crippen LogP contribution in [-0.4, -0.2) is 242 Å². The number of nitrogens with zero attached hydrogens (tertiary/aromatic N) is 9. The summed E-state index contributed by atoms with van der Waals surface area (Å²) in [6.45, 7) is 16.4. The third-order valence-electron chi connectivity index (χ3n) is 17.7. The number of pyridine rings is 3. The van der Waals surface area contributed by atoms with Crippen molar-refractivity contribution in [2.45, 2.75) is 84.8 Å². The molecular formula is C80H106N9O12S+3. The summed E-state index contributed by atoms with van der Waals surface area (Å²) < 4.78 is 67.9. The molecular weight excluding hydrogens is 1310 g/mol. The molecule has 7 rings (SSSR count). The summed E-state index contributed by atoms with van der Waals surface area (Å²) in [5.41, 5.74) is 6.29. The molecule has 546 valence electrons. The molecule has 1 N–H and O–H groups in total. The standard InChI is InChI=1S/C80H105N9O12S/c1-12-14-44-87(3,4)46-16-50-99-72-32-26-63(27-33-72)20-23-66-54-69(81-75(57-66)78(90)96-9)60-84-38-39-85(61-70-55-67(58-76(82-70)79(91)97-10)24-21-64-28-34-73(35-29-64)100-51-17-47-88(5,6)45-15-13-2)41-43-86(42-40-84)62-71-56-68(59-77(83-71)80(92)98-11)25-22-65-30-36-74(37-31-65)101-52-18-48-89(7,8)49-19-53-102(93,94)95/h26-37,54-59H,12-19,38-53,60-62H2,1-11H3/q+2/p+1. The molecule has 0 radical (unpaired) electrons. The van der Waals surface area contributed by atoms with Crippen molar-refractivity contribution in [2.75, 3.05) is 168 Å². The minimum absolute atomic E-state index is 0.115. The van der Waals surface area contributed by atoms with Crippen molar-refractivity contribution >= 4 is 28.0 Å². The maximum Gasteiger partial charge on any atom is 0.356 e. The number of carbonyl (C=O) groups excluding carboxylic acids is 3. The summed E-state index contributed by atoms with van der Waals surface area (Å²) in [7, 11) is 13.1. The zero-order chi connectivity index (χ0) is 73.6. The molecule has 22 heteroatoms. The Morgan fingerprint density at radius 1 is 0.402 bits per heavy atom. The second kappa shape index (κ2) is 40.2. The Bertz CT molecular complexity index is 3850. The van der Waals surface area contributed by atoms with Gasteiger partial charge in [-0.25, -0.2) is 29.3 Å². The van der Waals surface area contributed by atoms with Crippen molar-refractivity contribution in [3.63, 3.8) is 0 Å². The lowest BCUT2D eigenvalue weighted by Gasteiger charge is -2.29. The maximum atomic E-state index is 13.3. The first kappa shape index (κ1) is 80.6. The number of esters is 3. The number of methoxy groups -OCH3 is 3. The van der Waals surface area contributed by atoms with E-state index in [1.165, 1.54) is 47.0 Å². The Morgan fingerprint density at radius 2 is 0.657 bits per heavy atom. The van der Waals surface area contributed by atoms with Crippen molar-refractivity contribution < 1.29 is 69.2 Å². The monoisotopic (exact) mass is 1420 g/mol. The smallest absolute Gasteiger partial charge is 0.356 e. The summed E-state index contributed by atoms with van der Waals surface area (Å²) in [5.74, 6) is 19.8. The number of aromatic nitrogens is 3. The van der Waals surface area contributed by atoms with Gasteiger partial charge in [-0.05, 0) is 122 Å². The molecule has 1 aliphatic rings. The summed E-state index contributed by atoms with van der Waals surface area (Å²) in [6.07, 6.45) is 7.77. The van der Waals surface area contributed by atoms with E-state index in [9.17, 15) is 22.8 Å². The average Bonchev–Trinajstić information content (AvgIpc) is 1.03. The van der Waals surface area contributed by atoms with E-state index in [4.69, 9.17) is 47.9 Å². The molecule has 0 saturated carbocycles. The zero-order valence-electron chi connectivity index (χ0n) is 61.9. The first-order valence-electron chi connectivity index (χ1n) is 35.4. The molecule has 3 aromatic carbocycles. The number of unbranched alkanes of at least 4 members (excludes halogenated alkanes) is 2. The molecule has 102 heavy (non-hydrogen) atoms. The van der Waals surface area contributed by atoms with Crippen LogP contribution in [0, 0.1) is 35.5 Å². The first-order valence-corrected chi connectivity index (χ1v) is 37.0. The van der Waals surface area contributed by atoms with E-state index in [2.05, 4.69) is 92.3 Å². The van der Waals surface area contributed by atoms with Crippen LogP contribution in [0.1, 0.15) is 147 Å². The van der Waals surface area contributed by atoms with Gasteiger partial charge in [-0.2, -0.15) is 8.42 Å². The molecule has 0 atom stereocenters. The van der Waals surface area contributed by atoms with Gasteiger partial charge in [0.2, 0.25) is 0 Å². The number of hydrogen-bond donors (Lipinski definition) is 1. The Hall–Kier alpha value is -8.73. The molecule has 0 spiro atoms. The molecule has 6 aromatic rings. The highest BCUT2D eigenvalue weighted by molar-refractivity contribution is 7.85. The molecule has 4 heterocycles. The van der Waals surface area contributed by atoms with Gasteiger partial charge in [-0.3, -0.25) is 19.3 Å². The minimum Gasteiger partial charge on any atom is -0.493 e. The van der Waals surface area contributed by atoms with Crippen LogP contribution in [0.4, 0.5) is 0 Å². The van der Waals surface area contributed by atoms with Gasteiger partial charge >= 0.3 is 17.9 Å². The lowest BCUT2D eigenvalue weighted by Crippen LogP contribution is -2.42. The molecule has 3 aromatic heterocycles. The zero-order valence-corrected chi connectivity index (χ0v) is 62.7. The summed E-state index contributed by atoms with van der Waals surface area (Å²) in [5, 5.41) is 0. The Balaban J connectivity index is 1.12. The van der Waals surface area contributed by atoms with Gasteiger partial charge in [0, 0.05) is 118 Å².